The molecule has 1 aromatic rings. The molecule has 0 amide bonds. The zero-order valence-electron chi connectivity index (χ0n) is 15.2. The van der Waals surface area contributed by atoms with Crippen LogP contribution in [-0.4, -0.2) is 67.1 Å². The molecule has 2 saturated heterocycles. The topological polar surface area (TPSA) is 72.1 Å². The minimum absolute atomic E-state index is 0. The van der Waals surface area contributed by atoms with Crippen molar-refractivity contribution in [2.75, 3.05) is 49.7 Å². The second-order valence-corrected chi connectivity index (χ2v) is 7.60. The van der Waals surface area contributed by atoms with E-state index in [1.165, 1.54) is 18.2 Å². The number of hydrogen-bond donors (Lipinski definition) is 2. The van der Waals surface area contributed by atoms with Gasteiger partial charge in [-0.25, -0.2) is 0 Å². The number of para-hydroxylation sites is 2. The molecule has 0 aliphatic carbocycles. The van der Waals surface area contributed by atoms with Gasteiger partial charge >= 0.3 is 6.36 Å². The first kappa shape index (κ1) is 23.4. The summed E-state index contributed by atoms with van der Waals surface area (Å²) in [5.74, 6) is 1.74. The molecule has 2 heterocycles. The Kier molecular flexibility index (Phi) is 8.52. The highest BCUT2D eigenvalue weighted by Crippen LogP contribution is 2.34. The number of nitrogens with zero attached hydrogens (tertiary/aromatic N) is 2. The molecule has 0 saturated carbocycles. The van der Waals surface area contributed by atoms with Crippen LogP contribution in [0.15, 0.2) is 29.3 Å². The van der Waals surface area contributed by atoms with E-state index in [1.54, 1.807) is 6.07 Å². The number of morpholine rings is 1. The van der Waals surface area contributed by atoms with E-state index in [0.717, 1.165) is 31.0 Å². The lowest BCUT2D eigenvalue weighted by Gasteiger charge is -2.42. The van der Waals surface area contributed by atoms with Crippen molar-refractivity contribution in [3.63, 3.8) is 0 Å². The van der Waals surface area contributed by atoms with Crippen molar-refractivity contribution in [3.8, 4) is 5.75 Å². The number of anilines is 1. The number of nitrogens with one attached hydrogen (secondary N) is 1. The predicted molar refractivity (Wildman–Crippen MR) is 116 cm³/mol. The maximum atomic E-state index is 12.5. The molecule has 2 fully saturated rings. The fourth-order valence-corrected chi connectivity index (χ4v) is 4.77. The van der Waals surface area contributed by atoms with Crippen molar-refractivity contribution >= 4 is 47.4 Å². The molecule has 0 radical (unpaired) electrons. The molecule has 3 rings (SSSR count). The molecule has 11 heteroatoms. The summed E-state index contributed by atoms with van der Waals surface area (Å²) < 4.78 is 47.1. The third kappa shape index (κ3) is 6.29. The number of ether oxygens (including phenoxy) is 2. The van der Waals surface area contributed by atoms with Crippen molar-refractivity contribution in [1.29, 1.82) is 0 Å². The molecule has 3 N–H and O–H groups in total. The van der Waals surface area contributed by atoms with Gasteiger partial charge in [-0.3, -0.25) is 9.89 Å². The first-order valence-corrected chi connectivity index (χ1v) is 9.86. The van der Waals surface area contributed by atoms with Gasteiger partial charge in [-0.1, -0.05) is 12.1 Å². The van der Waals surface area contributed by atoms with Gasteiger partial charge in [-0.15, -0.1) is 37.1 Å². The average Bonchev–Trinajstić information content (AvgIpc) is 3.12. The molecule has 0 bridgehead atoms. The standard InChI is InChI=1S/C17H23F3N4O2S.HI/c18-17(19,20)26-14-4-2-1-3-13(14)23-15(21)22-11-16(5-10-27-12-16)24-6-8-25-9-7-24;/h1-4H,5-12H2,(H3,21,22,23);1H. The van der Waals surface area contributed by atoms with Crippen molar-refractivity contribution in [2.24, 2.45) is 10.7 Å². The van der Waals surface area contributed by atoms with Crippen molar-refractivity contribution < 1.29 is 22.6 Å². The number of aliphatic imine (C=N–C) groups is 1. The Balaban J connectivity index is 0.00000280. The van der Waals surface area contributed by atoms with Gasteiger partial charge in [0, 0.05) is 18.8 Å². The van der Waals surface area contributed by atoms with E-state index in [-0.39, 0.29) is 46.9 Å². The number of benzene rings is 1. The third-order valence-electron chi connectivity index (χ3n) is 4.68. The van der Waals surface area contributed by atoms with Gasteiger partial charge < -0.3 is 20.5 Å². The highest BCUT2D eigenvalue weighted by atomic mass is 127. The highest BCUT2D eigenvalue weighted by Gasteiger charge is 2.40. The summed E-state index contributed by atoms with van der Waals surface area (Å²) in [5, 5.41) is 2.73. The van der Waals surface area contributed by atoms with Crippen LogP contribution in [0, 0.1) is 0 Å². The smallest absolute Gasteiger partial charge is 0.404 e. The number of guanidine groups is 1. The third-order valence-corrected chi connectivity index (χ3v) is 5.92. The Bertz CT molecular complexity index is 666. The van der Waals surface area contributed by atoms with E-state index in [9.17, 15) is 13.2 Å². The Morgan fingerprint density at radius 1 is 1.32 bits per heavy atom. The Hall–Kier alpha value is -0.920. The average molecular weight is 532 g/mol. The summed E-state index contributed by atoms with van der Waals surface area (Å²) in [4.78, 5) is 6.83. The van der Waals surface area contributed by atoms with Crippen LogP contribution in [-0.2, 0) is 4.74 Å². The van der Waals surface area contributed by atoms with Crippen LogP contribution in [0.5, 0.6) is 5.75 Å². The van der Waals surface area contributed by atoms with Crippen molar-refractivity contribution in [2.45, 2.75) is 18.3 Å². The molecular formula is C17H24F3IN4O2S. The zero-order valence-corrected chi connectivity index (χ0v) is 18.4. The SMILES string of the molecule is I.NC(=NCC1(N2CCOCC2)CCSC1)Nc1ccccc1OC(F)(F)F. The monoisotopic (exact) mass is 532 g/mol. The van der Waals surface area contributed by atoms with Gasteiger partial charge in [-0.05, 0) is 24.3 Å². The lowest BCUT2D eigenvalue weighted by Crippen LogP contribution is -2.56. The molecule has 1 aromatic carbocycles. The fourth-order valence-electron chi connectivity index (χ4n) is 3.30. The van der Waals surface area contributed by atoms with E-state index < -0.39 is 6.36 Å². The molecule has 2 aliphatic heterocycles. The Morgan fingerprint density at radius 3 is 2.68 bits per heavy atom. The van der Waals surface area contributed by atoms with Crippen molar-refractivity contribution in [1.82, 2.24) is 4.90 Å². The van der Waals surface area contributed by atoms with Gasteiger partial charge in [0.2, 0.25) is 0 Å². The van der Waals surface area contributed by atoms with E-state index in [0.29, 0.717) is 19.8 Å². The van der Waals surface area contributed by atoms with Crippen LogP contribution in [0.3, 0.4) is 0 Å². The molecule has 1 atom stereocenters. The van der Waals surface area contributed by atoms with Gasteiger partial charge in [0.25, 0.3) is 0 Å². The normalized spacial score (nSPS) is 23.9. The minimum Gasteiger partial charge on any atom is -0.404 e. The molecule has 0 aromatic heterocycles. The lowest BCUT2D eigenvalue weighted by atomic mass is 9.96. The van der Waals surface area contributed by atoms with Crippen LogP contribution >= 0.6 is 35.7 Å². The van der Waals surface area contributed by atoms with Crippen LogP contribution in [0.4, 0.5) is 18.9 Å². The maximum Gasteiger partial charge on any atom is 0.573 e. The predicted octanol–water partition coefficient (Wildman–Crippen LogP) is 3.14. The van der Waals surface area contributed by atoms with E-state index in [1.807, 2.05) is 11.8 Å². The summed E-state index contributed by atoms with van der Waals surface area (Å²) in [6.45, 7) is 3.59. The summed E-state index contributed by atoms with van der Waals surface area (Å²) >= 11 is 1.88. The number of halogens is 4. The van der Waals surface area contributed by atoms with E-state index in [2.05, 4.69) is 19.9 Å². The number of rotatable bonds is 5. The van der Waals surface area contributed by atoms with Gasteiger partial charge in [-0.2, -0.15) is 11.8 Å². The van der Waals surface area contributed by atoms with Gasteiger partial charge in [0.15, 0.2) is 11.7 Å². The number of nitrogens with two attached hydrogens (primary N) is 1. The number of hydrogen-bond acceptors (Lipinski definition) is 5. The molecule has 2 aliphatic rings. The van der Waals surface area contributed by atoms with Crippen LogP contribution < -0.4 is 15.8 Å². The van der Waals surface area contributed by atoms with Crippen LogP contribution in [0.25, 0.3) is 0 Å². The first-order valence-electron chi connectivity index (χ1n) is 8.70. The lowest BCUT2D eigenvalue weighted by molar-refractivity contribution is -0.274. The number of thioether (sulfide) groups is 1. The van der Waals surface area contributed by atoms with Crippen LogP contribution in [0.2, 0.25) is 0 Å². The molecule has 6 nitrogen and oxygen atoms in total. The van der Waals surface area contributed by atoms with Gasteiger partial charge in [0.1, 0.15) is 0 Å². The Morgan fingerprint density at radius 2 is 2.04 bits per heavy atom. The zero-order chi connectivity index (χ0) is 19.3. The first-order chi connectivity index (χ1) is 12.9. The minimum atomic E-state index is -4.77. The summed E-state index contributed by atoms with van der Waals surface area (Å²) in [7, 11) is 0. The quantitative estimate of drug-likeness (QED) is 0.345. The van der Waals surface area contributed by atoms with E-state index in [4.69, 9.17) is 10.5 Å². The van der Waals surface area contributed by atoms with Crippen LogP contribution in [0.1, 0.15) is 6.42 Å². The molecule has 0 spiro atoms. The highest BCUT2D eigenvalue weighted by molar-refractivity contribution is 14.0. The number of alkyl halides is 3. The summed E-state index contributed by atoms with van der Waals surface area (Å²) in [6, 6.07) is 5.75. The molecule has 28 heavy (non-hydrogen) atoms. The largest absolute Gasteiger partial charge is 0.573 e. The summed E-state index contributed by atoms with van der Waals surface area (Å²) in [5.41, 5.74) is 6.00. The van der Waals surface area contributed by atoms with Gasteiger partial charge in [0.05, 0.1) is 31.0 Å². The second kappa shape index (κ2) is 10.2. The molecule has 158 valence electrons. The summed E-state index contributed by atoms with van der Waals surface area (Å²) in [6.07, 6.45) is -3.77. The molecule has 1 unspecified atom stereocenters. The van der Waals surface area contributed by atoms with E-state index >= 15 is 0 Å². The maximum absolute atomic E-state index is 12.5. The molecular weight excluding hydrogens is 508 g/mol. The van der Waals surface area contributed by atoms with Crippen molar-refractivity contribution in [3.05, 3.63) is 24.3 Å². The Labute approximate surface area is 183 Å². The fraction of sp³-hybridized carbons (Fsp3) is 0.588. The second-order valence-electron chi connectivity index (χ2n) is 6.50.